The monoisotopic (exact) mass is 285 g/mol. The SMILES string of the molecule is O=C(O)C1CCCC1Nc1ncc([N+](=O)[O-])cc1Cl. The molecule has 102 valence electrons. The average molecular weight is 286 g/mol. The minimum atomic E-state index is -0.854. The average Bonchev–Trinajstić information content (AvgIpc) is 2.79. The second-order valence-corrected chi connectivity index (χ2v) is 4.81. The Morgan fingerprint density at radius 1 is 1.58 bits per heavy atom. The Morgan fingerprint density at radius 3 is 2.89 bits per heavy atom. The molecule has 0 amide bonds. The molecule has 8 heteroatoms. The van der Waals surface area contributed by atoms with E-state index < -0.39 is 16.8 Å². The van der Waals surface area contributed by atoms with E-state index in [1.165, 1.54) is 6.07 Å². The lowest BCUT2D eigenvalue weighted by atomic mass is 10.0. The minimum Gasteiger partial charge on any atom is -0.481 e. The largest absolute Gasteiger partial charge is 0.481 e. The van der Waals surface area contributed by atoms with Gasteiger partial charge in [-0.25, -0.2) is 4.98 Å². The maximum absolute atomic E-state index is 11.0. The van der Waals surface area contributed by atoms with Crippen LogP contribution in [0.25, 0.3) is 0 Å². The molecule has 1 heterocycles. The van der Waals surface area contributed by atoms with Gasteiger partial charge in [0.25, 0.3) is 5.69 Å². The van der Waals surface area contributed by atoms with E-state index in [0.29, 0.717) is 12.8 Å². The van der Waals surface area contributed by atoms with Crippen LogP contribution in [0.2, 0.25) is 5.02 Å². The van der Waals surface area contributed by atoms with E-state index in [1.807, 2.05) is 0 Å². The zero-order valence-corrected chi connectivity index (χ0v) is 10.6. The number of aromatic nitrogens is 1. The van der Waals surface area contributed by atoms with Gasteiger partial charge in [0, 0.05) is 12.1 Å². The van der Waals surface area contributed by atoms with Gasteiger partial charge in [0.05, 0.1) is 15.9 Å². The predicted octanol–water partition coefficient (Wildman–Crippen LogP) is 2.31. The molecular formula is C11H12ClN3O4. The lowest BCUT2D eigenvalue weighted by Gasteiger charge is -2.18. The van der Waals surface area contributed by atoms with Crippen LogP contribution in [0.5, 0.6) is 0 Å². The topological polar surface area (TPSA) is 105 Å². The lowest BCUT2D eigenvalue weighted by molar-refractivity contribution is -0.385. The van der Waals surface area contributed by atoms with E-state index in [9.17, 15) is 14.9 Å². The van der Waals surface area contributed by atoms with Gasteiger partial charge in [0.1, 0.15) is 12.0 Å². The number of carboxylic acid groups (broad SMARTS) is 1. The highest BCUT2D eigenvalue weighted by Gasteiger charge is 2.33. The lowest BCUT2D eigenvalue weighted by Crippen LogP contribution is -2.30. The molecule has 1 aromatic heterocycles. The molecule has 0 spiro atoms. The van der Waals surface area contributed by atoms with Crippen LogP contribution in [0.4, 0.5) is 11.5 Å². The smallest absolute Gasteiger partial charge is 0.308 e. The number of carboxylic acids is 1. The van der Waals surface area contributed by atoms with Crippen molar-refractivity contribution < 1.29 is 14.8 Å². The molecule has 7 nitrogen and oxygen atoms in total. The van der Waals surface area contributed by atoms with E-state index in [2.05, 4.69) is 10.3 Å². The highest BCUT2D eigenvalue weighted by molar-refractivity contribution is 6.33. The van der Waals surface area contributed by atoms with Gasteiger partial charge in [-0.15, -0.1) is 0 Å². The highest BCUT2D eigenvalue weighted by Crippen LogP contribution is 2.31. The maximum atomic E-state index is 11.0. The van der Waals surface area contributed by atoms with Crippen molar-refractivity contribution in [1.29, 1.82) is 0 Å². The number of nitrogens with one attached hydrogen (secondary N) is 1. The molecule has 0 aromatic carbocycles. The van der Waals surface area contributed by atoms with Crippen LogP contribution in [0, 0.1) is 16.0 Å². The normalized spacial score (nSPS) is 22.2. The van der Waals surface area contributed by atoms with Crippen LogP contribution < -0.4 is 5.32 Å². The molecule has 0 bridgehead atoms. The Labute approximate surface area is 113 Å². The number of halogens is 1. The summed E-state index contributed by atoms with van der Waals surface area (Å²) >= 11 is 5.90. The Morgan fingerprint density at radius 2 is 2.32 bits per heavy atom. The van der Waals surface area contributed by atoms with Gasteiger partial charge in [-0.05, 0) is 12.8 Å². The number of hydrogen-bond acceptors (Lipinski definition) is 5. The van der Waals surface area contributed by atoms with Gasteiger partial charge < -0.3 is 10.4 Å². The first-order valence-electron chi connectivity index (χ1n) is 5.78. The summed E-state index contributed by atoms with van der Waals surface area (Å²) in [6, 6.07) is 0.950. The third kappa shape index (κ3) is 2.93. The van der Waals surface area contributed by atoms with Crippen LogP contribution in [0.3, 0.4) is 0 Å². The van der Waals surface area contributed by atoms with E-state index in [1.54, 1.807) is 0 Å². The molecule has 1 aromatic rings. The fourth-order valence-electron chi connectivity index (χ4n) is 2.24. The van der Waals surface area contributed by atoms with E-state index in [-0.39, 0.29) is 22.6 Å². The number of hydrogen-bond donors (Lipinski definition) is 2. The first kappa shape index (κ1) is 13.5. The molecular weight excluding hydrogens is 274 g/mol. The Kier molecular flexibility index (Phi) is 3.84. The molecule has 1 aliphatic rings. The first-order valence-corrected chi connectivity index (χ1v) is 6.16. The van der Waals surface area contributed by atoms with Crippen molar-refractivity contribution in [3.63, 3.8) is 0 Å². The van der Waals surface area contributed by atoms with Crippen molar-refractivity contribution in [1.82, 2.24) is 4.98 Å². The summed E-state index contributed by atoms with van der Waals surface area (Å²) in [7, 11) is 0. The molecule has 2 N–H and O–H groups in total. The fraction of sp³-hybridized carbons (Fsp3) is 0.455. The van der Waals surface area contributed by atoms with Crippen molar-refractivity contribution in [2.45, 2.75) is 25.3 Å². The van der Waals surface area contributed by atoms with Crippen LogP contribution in [0.15, 0.2) is 12.3 Å². The summed E-state index contributed by atoms with van der Waals surface area (Å²) in [4.78, 5) is 24.9. The quantitative estimate of drug-likeness (QED) is 0.649. The zero-order chi connectivity index (χ0) is 14.0. The second kappa shape index (κ2) is 5.40. The van der Waals surface area contributed by atoms with Crippen LogP contribution in [0.1, 0.15) is 19.3 Å². The van der Waals surface area contributed by atoms with Gasteiger partial charge in [-0.1, -0.05) is 18.0 Å². The van der Waals surface area contributed by atoms with Gasteiger partial charge >= 0.3 is 5.97 Å². The molecule has 2 rings (SSSR count). The number of nitro groups is 1. The Bertz CT molecular complexity index is 523. The van der Waals surface area contributed by atoms with Crippen molar-refractivity contribution >= 4 is 29.1 Å². The number of nitrogens with zero attached hydrogens (tertiary/aromatic N) is 2. The summed E-state index contributed by atoms with van der Waals surface area (Å²) in [6.07, 6.45) is 3.24. The molecule has 1 fully saturated rings. The summed E-state index contributed by atoms with van der Waals surface area (Å²) in [5.41, 5.74) is -0.197. The van der Waals surface area contributed by atoms with Crippen molar-refractivity contribution in [2.75, 3.05) is 5.32 Å². The van der Waals surface area contributed by atoms with Gasteiger partial charge in [-0.2, -0.15) is 0 Å². The van der Waals surface area contributed by atoms with Gasteiger partial charge in [-0.3, -0.25) is 14.9 Å². The Hall–Kier alpha value is -1.89. The van der Waals surface area contributed by atoms with Crippen LogP contribution in [-0.2, 0) is 4.79 Å². The molecule has 1 aliphatic carbocycles. The molecule has 0 aliphatic heterocycles. The van der Waals surface area contributed by atoms with E-state index in [0.717, 1.165) is 12.6 Å². The molecule has 0 radical (unpaired) electrons. The number of pyridine rings is 1. The molecule has 2 unspecified atom stereocenters. The maximum Gasteiger partial charge on any atom is 0.308 e. The van der Waals surface area contributed by atoms with Crippen molar-refractivity contribution in [3.05, 3.63) is 27.4 Å². The standard InChI is InChI=1S/C11H12ClN3O4/c12-8-4-6(15(18)19)5-13-10(8)14-9-3-1-2-7(9)11(16)17/h4-5,7,9H,1-3H2,(H,13,14)(H,16,17). The van der Waals surface area contributed by atoms with Gasteiger partial charge in [0.15, 0.2) is 0 Å². The van der Waals surface area contributed by atoms with Gasteiger partial charge in [0.2, 0.25) is 0 Å². The highest BCUT2D eigenvalue weighted by atomic mass is 35.5. The van der Waals surface area contributed by atoms with Crippen LogP contribution >= 0.6 is 11.6 Å². The van der Waals surface area contributed by atoms with Crippen LogP contribution in [-0.4, -0.2) is 27.0 Å². The van der Waals surface area contributed by atoms with Crippen molar-refractivity contribution in [3.8, 4) is 0 Å². The molecule has 19 heavy (non-hydrogen) atoms. The zero-order valence-electron chi connectivity index (χ0n) is 9.88. The second-order valence-electron chi connectivity index (χ2n) is 4.41. The number of carbonyl (C=O) groups is 1. The third-order valence-electron chi connectivity index (χ3n) is 3.19. The summed E-state index contributed by atoms with van der Waals surface area (Å²) < 4.78 is 0. The fourth-order valence-corrected chi connectivity index (χ4v) is 2.45. The number of rotatable bonds is 4. The minimum absolute atomic E-state index is 0.116. The van der Waals surface area contributed by atoms with E-state index >= 15 is 0 Å². The molecule has 1 saturated carbocycles. The molecule has 2 atom stereocenters. The first-order chi connectivity index (χ1) is 8.99. The summed E-state index contributed by atoms with van der Waals surface area (Å²) in [5.74, 6) is -1.05. The summed E-state index contributed by atoms with van der Waals surface area (Å²) in [6.45, 7) is 0. The Balaban J connectivity index is 2.15. The van der Waals surface area contributed by atoms with Crippen molar-refractivity contribution in [2.24, 2.45) is 5.92 Å². The predicted molar refractivity (Wildman–Crippen MR) is 68.3 cm³/mol. The number of aliphatic carboxylic acids is 1. The summed E-state index contributed by atoms with van der Waals surface area (Å²) in [5, 5.41) is 22.7. The third-order valence-corrected chi connectivity index (χ3v) is 3.48. The number of anilines is 1. The molecule has 0 saturated heterocycles. The van der Waals surface area contributed by atoms with E-state index in [4.69, 9.17) is 16.7 Å².